The highest BCUT2D eigenvalue weighted by Gasteiger charge is 2.09. The van der Waals surface area contributed by atoms with Gasteiger partial charge in [-0.3, -0.25) is 0 Å². The number of halogens is 2. The highest BCUT2D eigenvalue weighted by atomic mass is 19.2. The lowest BCUT2D eigenvalue weighted by Crippen LogP contribution is -2.01. The quantitative estimate of drug-likeness (QED) is 0.867. The molecule has 0 saturated heterocycles. The van der Waals surface area contributed by atoms with Crippen LogP contribution < -0.4 is 0 Å². The molecule has 0 atom stereocenters. The zero-order valence-electron chi connectivity index (χ0n) is 8.39. The maximum absolute atomic E-state index is 13.0. The average molecular weight is 236 g/mol. The summed E-state index contributed by atoms with van der Waals surface area (Å²) in [6, 6.07) is 4.40. The van der Waals surface area contributed by atoms with Gasteiger partial charge in [-0.25, -0.2) is 23.5 Å². The van der Waals surface area contributed by atoms with E-state index in [0.717, 1.165) is 18.5 Å². The van der Waals surface area contributed by atoms with Crippen LogP contribution >= 0.6 is 0 Å². The molecule has 0 aliphatic heterocycles. The van der Waals surface area contributed by atoms with Crippen LogP contribution in [0.15, 0.2) is 30.6 Å². The summed E-state index contributed by atoms with van der Waals surface area (Å²) in [5, 5.41) is 8.73. The molecule has 17 heavy (non-hydrogen) atoms. The van der Waals surface area contributed by atoms with Crippen molar-refractivity contribution in [3.63, 3.8) is 0 Å². The average Bonchev–Trinajstić information content (AvgIpc) is 2.33. The molecule has 0 aliphatic rings. The molecular formula is C11H6F2N2O2. The van der Waals surface area contributed by atoms with Gasteiger partial charge in [-0.15, -0.1) is 0 Å². The Labute approximate surface area is 94.6 Å². The van der Waals surface area contributed by atoms with E-state index in [9.17, 15) is 13.6 Å². The van der Waals surface area contributed by atoms with E-state index in [-0.39, 0.29) is 17.0 Å². The van der Waals surface area contributed by atoms with E-state index in [1.165, 1.54) is 12.1 Å². The molecule has 1 aromatic heterocycles. The summed E-state index contributed by atoms with van der Waals surface area (Å²) >= 11 is 0. The van der Waals surface area contributed by atoms with Gasteiger partial charge in [0, 0.05) is 5.56 Å². The zero-order valence-corrected chi connectivity index (χ0v) is 8.39. The van der Waals surface area contributed by atoms with E-state index in [1.54, 1.807) is 0 Å². The lowest BCUT2D eigenvalue weighted by atomic mass is 10.1. The maximum Gasteiger partial charge on any atom is 0.354 e. The van der Waals surface area contributed by atoms with Crippen LogP contribution in [0, 0.1) is 11.6 Å². The van der Waals surface area contributed by atoms with Gasteiger partial charge in [-0.2, -0.15) is 0 Å². The number of hydrogen-bond donors (Lipinski definition) is 1. The second-order valence-electron chi connectivity index (χ2n) is 3.22. The van der Waals surface area contributed by atoms with Crippen molar-refractivity contribution >= 4 is 5.97 Å². The summed E-state index contributed by atoms with van der Waals surface area (Å²) in [5.74, 6) is -3.20. The molecule has 0 saturated carbocycles. The third kappa shape index (κ3) is 2.25. The molecule has 2 aromatic rings. The van der Waals surface area contributed by atoms with E-state index in [2.05, 4.69) is 9.97 Å². The lowest BCUT2D eigenvalue weighted by Gasteiger charge is -2.02. The summed E-state index contributed by atoms with van der Waals surface area (Å²) in [5.41, 5.74) is 0.296. The standard InChI is InChI=1S/C11H6F2N2O2/c12-7-2-1-6(3-8(7)13)9-4-10(11(16)17)15-5-14-9/h1-5H,(H,16,17). The van der Waals surface area contributed by atoms with Crippen LogP contribution in [0.3, 0.4) is 0 Å². The predicted molar refractivity (Wildman–Crippen MR) is 54.3 cm³/mol. The van der Waals surface area contributed by atoms with Crippen LogP contribution in [-0.2, 0) is 0 Å². The van der Waals surface area contributed by atoms with Gasteiger partial charge in [-0.1, -0.05) is 0 Å². The molecule has 1 heterocycles. The number of aromatic nitrogens is 2. The molecule has 2 rings (SSSR count). The van der Waals surface area contributed by atoms with Gasteiger partial charge < -0.3 is 5.11 Å². The highest BCUT2D eigenvalue weighted by Crippen LogP contribution is 2.19. The number of carboxylic acid groups (broad SMARTS) is 1. The predicted octanol–water partition coefficient (Wildman–Crippen LogP) is 2.12. The van der Waals surface area contributed by atoms with Crippen molar-refractivity contribution in [3.8, 4) is 11.3 Å². The normalized spacial score (nSPS) is 10.2. The van der Waals surface area contributed by atoms with Crippen LogP contribution in [0.1, 0.15) is 10.5 Å². The topological polar surface area (TPSA) is 63.1 Å². The Bertz CT molecular complexity index is 587. The molecular weight excluding hydrogens is 230 g/mol. The van der Waals surface area contributed by atoms with Crippen molar-refractivity contribution in [2.24, 2.45) is 0 Å². The molecule has 0 fully saturated rings. The number of hydrogen-bond acceptors (Lipinski definition) is 3. The van der Waals surface area contributed by atoms with Crippen molar-refractivity contribution in [2.75, 3.05) is 0 Å². The van der Waals surface area contributed by atoms with E-state index in [1.807, 2.05) is 0 Å². The van der Waals surface area contributed by atoms with Crippen molar-refractivity contribution < 1.29 is 18.7 Å². The monoisotopic (exact) mass is 236 g/mol. The summed E-state index contributed by atoms with van der Waals surface area (Å²) in [4.78, 5) is 18.0. The SMILES string of the molecule is O=C(O)c1cc(-c2ccc(F)c(F)c2)ncn1. The Kier molecular flexibility index (Phi) is 2.78. The molecule has 86 valence electrons. The van der Waals surface area contributed by atoms with Crippen molar-refractivity contribution in [2.45, 2.75) is 0 Å². The third-order valence-electron chi connectivity index (χ3n) is 2.10. The minimum Gasteiger partial charge on any atom is -0.477 e. The van der Waals surface area contributed by atoms with Gasteiger partial charge in [0.05, 0.1) is 5.69 Å². The molecule has 0 bridgehead atoms. The second-order valence-corrected chi connectivity index (χ2v) is 3.22. The van der Waals surface area contributed by atoms with E-state index in [4.69, 9.17) is 5.11 Å². The van der Waals surface area contributed by atoms with Gasteiger partial charge in [-0.05, 0) is 24.3 Å². The van der Waals surface area contributed by atoms with Crippen LogP contribution in [0.5, 0.6) is 0 Å². The number of nitrogens with zero attached hydrogens (tertiary/aromatic N) is 2. The fourth-order valence-corrected chi connectivity index (χ4v) is 1.29. The number of aromatic carboxylic acids is 1. The molecule has 0 radical (unpaired) electrons. The Hall–Kier alpha value is -2.37. The van der Waals surface area contributed by atoms with Crippen LogP contribution in [0.25, 0.3) is 11.3 Å². The molecule has 0 amide bonds. The highest BCUT2D eigenvalue weighted by molar-refractivity contribution is 5.86. The van der Waals surface area contributed by atoms with Crippen LogP contribution in [0.2, 0.25) is 0 Å². The Morgan fingerprint density at radius 3 is 2.53 bits per heavy atom. The number of rotatable bonds is 2. The first kappa shape index (κ1) is 11.1. The van der Waals surface area contributed by atoms with Crippen molar-refractivity contribution in [3.05, 3.63) is 47.9 Å². The Morgan fingerprint density at radius 2 is 1.88 bits per heavy atom. The van der Waals surface area contributed by atoms with Gasteiger partial charge in [0.25, 0.3) is 0 Å². The fraction of sp³-hybridized carbons (Fsp3) is 0. The first-order valence-electron chi connectivity index (χ1n) is 4.58. The van der Waals surface area contributed by atoms with Crippen molar-refractivity contribution in [1.82, 2.24) is 9.97 Å². The van der Waals surface area contributed by atoms with Gasteiger partial charge in [0.2, 0.25) is 0 Å². The molecule has 0 spiro atoms. The third-order valence-corrected chi connectivity index (χ3v) is 2.10. The van der Waals surface area contributed by atoms with Gasteiger partial charge >= 0.3 is 5.97 Å². The minimum atomic E-state index is -1.21. The second kappa shape index (κ2) is 4.25. The van der Waals surface area contributed by atoms with Gasteiger partial charge in [0.15, 0.2) is 17.3 Å². The number of benzene rings is 1. The largest absolute Gasteiger partial charge is 0.477 e. The molecule has 4 nitrogen and oxygen atoms in total. The number of carbonyl (C=O) groups is 1. The molecule has 1 aromatic carbocycles. The van der Waals surface area contributed by atoms with Crippen molar-refractivity contribution in [1.29, 1.82) is 0 Å². The summed E-state index contributed by atoms with van der Waals surface area (Å²) in [6.45, 7) is 0. The van der Waals surface area contributed by atoms with E-state index in [0.29, 0.717) is 0 Å². The van der Waals surface area contributed by atoms with Crippen LogP contribution in [-0.4, -0.2) is 21.0 Å². The molecule has 6 heteroatoms. The lowest BCUT2D eigenvalue weighted by molar-refractivity contribution is 0.0690. The maximum atomic E-state index is 13.0. The first-order chi connectivity index (χ1) is 8.08. The summed E-state index contributed by atoms with van der Waals surface area (Å²) in [7, 11) is 0. The minimum absolute atomic E-state index is 0.209. The van der Waals surface area contributed by atoms with Gasteiger partial charge in [0.1, 0.15) is 6.33 Å². The molecule has 0 aliphatic carbocycles. The summed E-state index contributed by atoms with van der Waals surface area (Å²) < 4.78 is 25.7. The Balaban J connectivity index is 2.49. The van der Waals surface area contributed by atoms with Crippen LogP contribution in [0.4, 0.5) is 8.78 Å². The zero-order chi connectivity index (χ0) is 12.4. The fourth-order valence-electron chi connectivity index (χ4n) is 1.29. The molecule has 1 N–H and O–H groups in total. The Morgan fingerprint density at radius 1 is 1.12 bits per heavy atom. The van der Waals surface area contributed by atoms with E-state index >= 15 is 0 Å². The smallest absolute Gasteiger partial charge is 0.354 e. The first-order valence-corrected chi connectivity index (χ1v) is 4.58. The summed E-state index contributed by atoms with van der Waals surface area (Å²) in [6.07, 6.45) is 1.06. The molecule has 0 unspecified atom stereocenters. The van der Waals surface area contributed by atoms with E-state index < -0.39 is 17.6 Å². The number of carboxylic acids is 1.